The lowest BCUT2D eigenvalue weighted by atomic mass is 9.88. The highest BCUT2D eigenvalue weighted by atomic mass is 19.4. The number of piperazine rings is 1. The lowest BCUT2D eigenvalue weighted by Crippen LogP contribution is -2.50. The number of hydrogen-bond acceptors (Lipinski definition) is 3. The van der Waals surface area contributed by atoms with Gasteiger partial charge in [0.15, 0.2) is 0 Å². The van der Waals surface area contributed by atoms with Crippen LogP contribution in [0.2, 0.25) is 0 Å². The van der Waals surface area contributed by atoms with Crippen molar-refractivity contribution in [2.75, 3.05) is 33.3 Å². The average molecular weight is 559 g/mol. The third-order valence-electron chi connectivity index (χ3n) is 7.80. The molecule has 0 aromatic heterocycles. The summed E-state index contributed by atoms with van der Waals surface area (Å²) in [7, 11) is 1.60. The molecule has 1 unspecified atom stereocenters. The number of rotatable bonds is 8. The number of alkyl halides is 3. The molecule has 4 nitrogen and oxygen atoms in total. The number of benzene rings is 4. The Hall–Kier alpha value is -4.10. The first-order chi connectivity index (χ1) is 19.8. The second-order valence-electron chi connectivity index (χ2n) is 10.3. The number of halogens is 3. The molecule has 1 fully saturated rings. The van der Waals surface area contributed by atoms with Gasteiger partial charge < -0.3 is 9.64 Å². The standard InChI is InChI=1S/C34H33F3N2O2/c1-41-30-18-14-28(15-19-30)33(27-12-16-29(17-13-27)34(35,36)37)39-22-20-38(21-23-39)32(40)24-31(25-8-4-2-5-9-25)26-10-6-3-7-11-26/h2-19,31,33H,20-24H2,1H3. The van der Waals surface area contributed by atoms with E-state index < -0.39 is 11.7 Å². The van der Waals surface area contributed by atoms with Crippen LogP contribution < -0.4 is 4.74 Å². The Morgan fingerprint density at radius 1 is 0.707 bits per heavy atom. The molecule has 0 radical (unpaired) electrons. The summed E-state index contributed by atoms with van der Waals surface area (Å²) in [5.41, 5.74) is 3.27. The first-order valence-corrected chi connectivity index (χ1v) is 13.8. The summed E-state index contributed by atoms with van der Waals surface area (Å²) in [5.74, 6) is 0.765. The quantitative estimate of drug-likeness (QED) is 0.230. The largest absolute Gasteiger partial charge is 0.497 e. The molecule has 4 aromatic rings. The van der Waals surface area contributed by atoms with E-state index in [9.17, 15) is 18.0 Å². The van der Waals surface area contributed by atoms with E-state index in [0.717, 1.165) is 34.4 Å². The summed E-state index contributed by atoms with van der Waals surface area (Å²) in [6.45, 7) is 2.29. The Morgan fingerprint density at radius 2 is 1.20 bits per heavy atom. The van der Waals surface area contributed by atoms with Gasteiger partial charge in [-0.25, -0.2) is 0 Å². The van der Waals surface area contributed by atoms with Crippen LogP contribution in [0.25, 0.3) is 0 Å². The Kier molecular flexibility index (Phi) is 8.74. The van der Waals surface area contributed by atoms with Crippen LogP contribution in [0.1, 0.15) is 46.2 Å². The molecule has 1 heterocycles. The third-order valence-corrected chi connectivity index (χ3v) is 7.80. The average Bonchev–Trinajstić information content (AvgIpc) is 3.01. The van der Waals surface area contributed by atoms with Crippen LogP contribution in [0.3, 0.4) is 0 Å². The van der Waals surface area contributed by atoms with Gasteiger partial charge in [-0.05, 0) is 46.5 Å². The molecule has 0 spiro atoms. The second-order valence-corrected chi connectivity index (χ2v) is 10.3. The van der Waals surface area contributed by atoms with Crippen molar-refractivity contribution in [1.82, 2.24) is 9.80 Å². The van der Waals surface area contributed by atoms with Gasteiger partial charge in [-0.2, -0.15) is 13.2 Å². The molecule has 0 N–H and O–H groups in total. The number of nitrogens with zero attached hydrogens (tertiary/aromatic N) is 2. The van der Waals surface area contributed by atoms with Gasteiger partial charge in [0.05, 0.1) is 18.7 Å². The van der Waals surface area contributed by atoms with Crippen LogP contribution in [0.4, 0.5) is 13.2 Å². The Morgan fingerprint density at radius 3 is 1.66 bits per heavy atom. The fourth-order valence-corrected chi connectivity index (χ4v) is 5.59. The molecule has 4 aromatic carbocycles. The monoisotopic (exact) mass is 558 g/mol. The zero-order valence-corrected chi connectivity index (χ0v) is 22.9. The minimum Gasteiger partial charge on any atom is -0.497 e. The lowest BCUT2D eigenvalue weighted by Gasteiger charge is -2.40. The predicted octanol–water partition coefficient (Wildman–Crippen LogP) is 7.17. The summed E-state index contributed by atoms with van der Waals surface area (Å²) < 4.78 is 45.0. The van der Waals surface area contributed by atoms with Gasteiger partial charge in [-0.1, -0.05) is 84.9 Å². The molecule has 1 aliphatic heterocycles. The van der Waals surface area contributed by atoms with Crippen LogP contribution in [0, 0.1) is 0 Å². The molecule has 0 bridgehead atoms. The molecule has 212 valence electrons. The summed E-state index contributed by atoms with van der Waals surface area (Å²) in [6.07, 6.45) is -4.02. The number of amides is 1. The molecule has 1 aliphatic rings. The van der Waals surface area contributed by atoms with Crippen molar-refractivity contribution in [2.24, 2.45) is 0 Å². The van der Waals surface area contributed by atoms with Gasteiger partial charge in [0.25, 0.3) is 0 Å². The van der Waals surface area contributed by atoms with Gasteiger partial charge >= 0.3 is 6.18 Å². The maximum atomic E-state index is 13.6. The van der Waals surface area contributed by atoms with E-state index >= 15 is 0 Å². The van der Waals surface area contributed by atoms with E-state index in [1.165, 1.54) is 0 Å². The second kappa shape index (κ2) is 12.6. The third kappa shape index (κ3) is 6.80. The fourth-order valence-electron chi connectivity index (χ4n) is 5.59. The normalized spacial score (nSPS) is 15.1. The van der Waals surface area contributed by atoms with Gasteiger partial charge in [0, 0.05) is 38.5 Å². The predicted molar refractivity (Wildman–Crippen MR) is 154 cm³/mol. The molecule has 7 heteroatoms. The van der Waals surface area contributed by atoms with Crippen molar-refractivity contribution >= 4 is 5.91 Å². The molecule has 5 rings (SSSR count). The van der Waals surface area contributed by atoms with Crippen LogP contribution >= 0.6 is 0 Å². The molecule has 0 aliphatic carbocycles. The van der Waals surface area contributed by atoms with E-state index in [0.29, 0.717) is 38.3 Å². The Balaban J connectivity index is 1.33. The number of hydrogen-bond donors (Lipinski definition) is 0. The number of methoxy groups -OCH3 is 1. The van der Waals surface area contributed by atoms with E-state index in [4.69, 9.17) is 4.74 Å². The maximum Gasteiger partial charge on any atom is 0.416 e. The Bertz CT molecular complexity index is 1360. The number of carbonyl (C=O) groups excluding carboxylic acids is 1. The lowest BCUT2D eigenvalue weighted by molar-refractivity contribution is -0.137. The fraction of sp³-hybridized carbons (Fsp3) is 0.265. The van der Waals surface area contributed by atoms with Crippen molar-refractivity contribution in [2.45, 2.75) is 24.6 Å². The van der Waals surface area contributed by atoms with Crippen molar-refractivity contribution < 1.29 is 22.7 Å². The maximum absolute atomic E-state index is 13.6. The zero-order chi connectivity index (χ0) is 28.8. The van der Waals surface area contributed by atoms with Crippen molar-refractivity contribution in [3.05, 3.63) is 137 Å². The SMILES string of the molecule is COc1ccc(C(c2ccc(C(F)(F)F)cc2)N2CCN(C(=O)CC(c3ccccc3)c3ccccc3)CC2)cc1. The van der Waals surface area contributed by atoms with Crippen LogP contribution in [0.15, 0.2) is 109 Å². The molecule has 1 saturated heterocycles. The summed E-state index contributed by atoms with van der Waals surface area (Å²) in [5, 5.41) is 0. The Labute approximate surface area is 239 Å². The minimum atomic E-state index is -4.39. The molecule has 41 heavy (non-hydrogen) atoms. The summed E-state index contributed by atoms with van der Waals surface area (Å²) >= 11 is 0. The highest BCUT2D eigenvalue weighted by Crippen LogP contribution is 2.35. The van der Waals surface area contributed by atoms with Gasteiger partial charge in [-0.3, -0.25) is 9.69 Å². The van der Waals surface area contributed by atoms with Crippen LogP contribution in [0.5, 0.6) is 5.75 Å². The molecule has 0 saturated carbocycles. The summed E-state index contributed by atoms with van der Waals surface area (Å²) in [6, 6.07) is 32.9. The van der Waals surface area contributed by atoms with Crippen molar-refractivity contribution in [3.8, 4) is 5.75 Å². The molecular weight excluding hydrogens is 525 g/mol. The zero-order valence-electron chi connectivity index (χ0n) is 22.9. The van der Waals surface area contributed by atoms with E-state index in [2.05, 4.69) is 29.2 Å². The topological polar surface area (TPSA) is 32.8 Å². The van der Waals surface area contributed by atoms with E-state index in [1.807, 2.05) is 65.6 Å². The van der Waals surface area contributed by atoms with Crippen LogP contribution in [-0.2, 0) is 11.0 Å². The van der Waals surface area contributed by atoms with Gasteiger partial charge in [0.1, 0.15) is 5.75 Å². The molecule has 1 atom stereocenters. The molecular formula is C34H33F3N2O2. The molecule has 1 amide bonds. The highest BCUT2D eigenvalue weighted by Gasteiger charge is 2.32. The summed E-state index contributed by atoms with van der Waals surface area (Å²) in [4.78, 5) is 17.7. The number of carbonyl (C=O) groups is 1. The van der Waals surface area contributed by atoms with Gasteiger partial charge in [0.2, 0.25) is 5.91 Å². The van der Waals surface area contributed by atoms with E-state index in [1.54, 1.807) is 19.2 Å². The smallest absolute Gasteiger partial charge is 0.416 e. The van der Waals surface area contributed by atoms with Crippen LogP contribution in [-0.4, -0.2) is 49.0 Å². The van der Waals surface area contributed by atoms with E-state index in [-0.39, 0.29) is 17.9 Å². The minimum absolute atomic E-state index is 0.0397. The van der Waals surface area contributed by atoms with Crippen molar-refractivity contribution in [3.63, 3.8) is 0 Å². The highest BCUT2D eigenvalue weighted by molar-refractivity contribution is 5.78. The van der Waals surface area contributed by atoms with Crippen molar-refractivity contribution in [1.29, 1.82) is 0 Å². The van der Waals surface area contributed by atoms with Gasteiger partial charge in [-0.15, -0.1) is 0 Å². The number of ether oxygens (including phenoxy) is 1. The first kappa shape index (κ1) is 28.4. The first-order valence-electron chi connectivity index (χ1n) is 13.8.